The van der Waals surface area contributed by atoms with E-state index in [1.54, 1.807) is 6.08 Å². The van der Waals surface area contributed by atoms with E-state index in [1.165, 1.54) is 6.26 Å². The van der Waals surface area contributed by atoms with Gasteiger partial charge in [0.25, 0.3) is 0 Å². The van der Waals surface area contributed by atoms with Crippen molar-refractivity contribution < 1.29 is 17.9 Å². The Balaban J connectivity index is 2.46. The summed E-state index contributed by atoms with van der Waals surface area (Å²) in [5.74, 6) is 0.342. The molecule has 0 fully saturated rings. The molecule has 0 aromatic heterocycles. The van der Waals surface area contributed by atoms with Crippen molar-refractivity contribution in [2.24, 2.45) is 0 Å². The fraction of sp³-hybridized carbons (Fsp3) is 0.474. The Bertz CT molecular complexity index is 691. The second kappa shape index (κ2) is 7.99. The van der Waals surface area contributed by atoms with E-state index in [2.05, 4.69) is 0 Å². The summed E-state index contributed by atoms with van der Waals surface area (Å²) < 4.78 is 36.7. The molecule has 4 nitrogen and oxygen atoms in total. The lowest BCUT2D eigenvalue weighted by Gasteiger charge is -2.34. The van der Waals surface area contributed by atoms with Crippen LogP contribution in [0.3, 0.4) is 0 Å². The minimum absolute atomic E-state index is 0.0295. The van der Waals surface area contributed by atoms with Crippen LogP contribution in [-0.4, -0.2) is 32.8 Å². The van der Waals surface area contributed by atoms with Crippen molar-refractivity contribution in [1.82, 2.24) is 0 Å². The van der Waals surface area contributed by atoms with Crippen LogP contribution in [-0.2, 0) is 19.3 Å². The molecule has 0 saturated heterocycles. The summed E-state index contributed by atoms with van der Waals surface area (Å²) in [4.78, 5) is -1.52. The van der Waals surface area contributed by atoms with Gasteiger partial charge in [-0.15, -0.1) is 0 Å². The first-order chi connectivity index (χ1) is 11.4. The zero-order valence-electron chi connectivity index (χ0n) is 14.6. The molecule has 1 aromatic rings. The second-order valence-corrected chi connectivity index (χ2v) is 8.11. The van der Waals surface area contributed by atoms with Crippen molar-refractivity contribution in [2.45, 2.75) is 37.5 Å². The number of hydrogen-bond donors (Lipinski definition) is 0. The molecular weight excluding hydrogens is 324 g/mol. The Hall–Kier alpha value is -1.59. The van der Waals surface area contributed by atoms with Gasteiger partial charge in [-0.05, 0) is 30.6 Å². The summed E-state index contributed by atoms with van der Waals surface area (Å²) in [5.41, 5.74) is 1.09. The zero-order chi connectivity index (χ0) is 17.6. The van der Waals surface area contributed by atoms with Gasteiger partial charge in [0.15, 0.2) is 9.84 Å². The van der Waals surface area contributed by atoms with Gasteiger partial charge in [-0.25, -0.2) is 8.42 Å². The van der Waals surface area contributed by atoms with Crippen molar-refractivity contribution in [3.63, 3.8) is 0 Å². The van der Waals surface area contributed by atoms with Gasteiger partial charge < -0.3 is 9.47 Å². The molecule has 2 unspecified atom stereocenters. The fourth-order valence-electron chi connectivity index (χ4n) is 2.68. The van der Waals surface area contributed by atoms with Crippen LogP contribution in [0.1, 0.15) is 38.2 Å². The molecule has 24 heavy (non-hydrogen) atoms. The van der Waals surface area contributed by atoms with Crippen LogP contribution in [0.15, 0.2) is 54.3 Å². The molecule has 1 aliphatic rings. The van der Waals surface area contributed by atoms with Crippen molar-refractivity contribution in [3.05, 3.63) is 59.9 Å². The Labute approximate surface area is 145 Å². The average molecular weight is 350 g/mol. The number of ether oxygens (including phenoxy) is 2. The molecule has 132 valence electrons. The van der Waals surface area contributed by atoms with Crippen LogP contribution >= 0.6 is 0 Å². The molecule has 0 radical (unpaired) electrons. The van der Waals surface area contributed by atoms with E-state index in [0.29, 0.717) is 19.0 Å². The highest BCUT2D eigenvalue weighted by atomic mass is 32.2. The number of hydrogen-bond acceptors (Lipinski definition) is 4. The quantitative estimate of drug-likeness (QED) is 0.669. The predicted molar refractivity (Wildman–Crippen MR) is 96.5 cm³/mol. The SMILES string of the molecule is CCCOC1=CC(c2ccccc2)C=CC1(OCCC)S(C)(=O)=O. The lowest BCUT2D eigenvalue weighted by Crippen LogP contribution is -2.44. The van der Waals surface area contributed by atoms with Gasteiger partial charge >= 0.3 is 0 Å². The monoisotopic (exact) mass is 350 g/mol. The van der Waals surface area contributed by atoms with Crippen LogP contribution in [0.4, 0.5) is 0 Å². The first kappa shape index (κ1) is 18.7. The molecule has 0 aliphatic heterocycles. The number of benzene rings is 1. The Morgan fingerprint density at radius 3 is 2.33 bits per heavy atom. The van der Waals surface area contributed by atoms with Gasteiger partial charge in [0.05, 0.1) is 6.61 Å². The van der Waals surface area contributed by atoms with E-state index in [9.17, 15) is 8.42 Å². The average Bonchev–Trinajstić information content (AvgIpc) is 2.58. The molecule has 2 atom stereocenters. The van der Waals surface area contributed by atoms with E-state index in [1.807, 2.05) is 56.3 Å². The Morgan fingerprint density at radius 2 is 1.75 bits per heavy atom. The highest BCUT2D eigenvalue weighted by Gasteiger charge is 2.47. The molecule has 0 amide bonds. The maximum Gasteiger partial charge on any atom is 0.244 e. The van der Waals surface area contributed by atoms with Crippen LogP contribution in [0.5, 0.6) is 0 Å². The van der Waals surface area contributed by atoms with Crippen LogP contribution in [0.25, 0.3) is 0 Å². The molecule has 0 N–H and O–H groups in total. The van der Waals surface area contributed by atoms with E-state index in [4.69, 9.17) is 9.47 Å². The van der Waals surface area contributed by atoms with Gasteiger partial charge in [-0.1, -0.05) is 50.3 Å². The van der Waals surface area contributed by atoms with Crippen LogP contribution < -0.4 is 0 Å². The standard InChI is InChI=1S/C19H26O4S/c1-4-13-22-18-15-17(16-9-7-6-8-10-16)11-12-19(18,23-14-5-2)24(3,20)21/h6-12,15,17H,4-5,13-14H2,1-3H3. The number of rotatable bonds is 8. The summed E-state index contributed by atoms with van der Waals surface area (Å²) in [7, 11) is -3.55. The van der Waals surface area contributed by atoms with Gasteiger partial charge in [-0.2, -0.15) is 0 Å². The smallest absolute Gasteiger partial charge is 0.244 e. The normalized spacial score (nSPS) is 23.8. The lowest BCUT2D eigenvalue weighted by atomic mass is 9.92. The van der Waals surface area contributed by atoms with E-state index < -0.39 is 14.8 Å². The van der Waals surface area contributed by atoms with E-state index in [-0.39, 0.29) is 5.92 Å². The number of allylic oxidation sites excluding steroid dienone is 2. The third kappa shape index (κ3) is 3.90. The van der Waals surface area contributed by atoms with Crippen molar-refractivity contribution in [3.8, 4) is 0 Å². The molecule has 0 saturated carbocycles. The van der Waals surface area contributed by atoms with Gasteiger partial charge in [0.1, 0.15) is 5.76 Å². The largest absolute Gasteiger partial charge is 0.494 e. The molecule has 1 aliphatic carbocycles. The highest BCUT2D eigenvalue weighted by Crippen LogP contribution is 2.38. The minimum Gasteiger partial charge on any atom is -0.494 e. The summed E-state index contributed by atoms with van der Waals surface area (Å²) in [6.45, 7) is 4.74. The van der Waals surface area contributed by atoms with Gasteiger partial charge in [0, 0.05) is 18.8 Å². The van der Waals surface area contributed by atoms with E-state index >= 15 is 0 Å². The van der Waals surface area contributed by atoms with Crippen molar-refractivity contribution in [1.29, 1.82) is 0 Å². The fourth-order valence-corrected chi connectivity index (χ4v) is 3.79. The maximum absolute atomic E-state index is 12.5. The molecule has 1 aromatic carbocycles. The second-order valence-electron chi connectivity index (χ2n) is 5.96. The highest BCUT2D eigenvalue weighted by molar-refractivity contribution is 7.92. The van der Waals surface area contributed by atoms with E-state index in [0.717, 1.165) is 18.4 Å². The van der Waals surface area contributed by atoms with Crippen molar-refractivity contribution in [2.75, 3.05) is 19.5 Å². The Kier molecular flexibility index (Phi) is 6.24. The summed E-state index contributed by atoms with van der Waals surface area (Å²) in [6.07, 6.45) is 8.10. The molecule has 5 heteroatoms. The Morgan fingerprint density at radius 1 is 1.08 bits per heavy atom. The summed E-state index contributed by atoms with van der Waals surface area (Å²) in [5, 5.41) is 0. The maximum atomic E-state index is 12.5. The van der Waals surface area contributed by atoms with Crippen LogP contribution in [0, 0.1) is 0 Å². The lowest BCUT2D eigenvalue weighted by molar-refractivity contribution is 0.0260. The molecule has 0 heterocycles. The topological polar surface area (TPSA) is 52.6 Å². The minimum atomic E-state index is -3.55. The summed E-state index contributed by atoms with van der Waals surface area (Å²) in [6, 6.07) is 9.93. The number of sulfone groups is 1. The van der Waals surface area contributed by atoms with Gasteiger partial charge in [0.2, 0.25) is 4.93 Å². The zero-order valence-corrected chi connectivity index (χ0v) is 15.4. The predicted octanol–water partition coefficient (Wildman–Crippen LogP) is 3.82. The first-order valence-corrected chi connectivity index (χ1v) is 10.3. The molecular formula is C19H26O4S. The molecule has 0 bridgehead atoms. The summed E-state index contributed by atoms with van der Waals surface area (Å²) >= 11 is 0. The third-order valence-corrected chi connectivity index (χ3v) is 5.47. The third-order valence-electron chi connectivity index (χ3n) is 3.91. The van der Waals surface area contributed by atoms with Crippen LogP contribution in [0.2, 0.25) is 0 Å². The first-order valence-electron chi connectivity index (χ1n) is 8.37. The van der Waals surface area contributed by atoms with Crippen molar-refractivity contribution >= 4 is 9.84 Å². The molecule has 2 rings (SSSR count). The molecule has 0 spiro atoms. The van der Waals surface area contributed by atoms with Gasteiger partial charge in [-0.3, -0.25) is 0 Å².